The van der Waals surface area contributed by atoms with Crippen LogP contribution in [0.2, 0.25) is 0 Å². The standard InChI is InChI=1S/C44H70O15/c1-21(45)55-32-25(49)19-54-37(33(32)56-22(2)46)58-28-11-13-44-20-43(44)15-14-40(7)34(42(9)12-10-29(59-42)39(5,6)52)23(47)17-41(40,8)27(43)16-26(35(44)38(28,3)4)57-36-31(51)30(50)24(48)18-53-36/h23-37,47-52H,10-20H2,1-9H3/t23?,24?,25?,26-,27?,28?,29-,30?,31?,32?,33?,34?,35?,36?,37?,40?,41-,42?,43?,44?/m0/s1. The van der Waals surface area contributed by atoms with Gasteiger partial charge in [-0.15, -0.1) is 0 Å². The van der Waals surface area contributed by atoms with Crippen LogP contribution in [0.4, 0.5) is 0 Å². The van der Waals surface area contributed by atoms with Crippen molar-refractivity contribution in [2.24, 2.45) is 44.8 Å². The van der Waals surface area contributed by atoms with Crippen LogP contribution in [0.5, 0.6) is 0 Å². The maximum atomic E-state index is 12.3. The fourth-order valence-corrected chi connectivity index (χ4v) is 15.2. The summed E-state index contributed by atoms with van der Waals surface area (Å²) in [6.07, 6.45) is -5.24. The van der Waals surface area contributed by atoms with Crippen LogP contribution < -0.4 is 0 Å². The number of carbonyl (C=O) groups excluding carboxylic acids is 2. The Bertz CT molecular complexity index is 1630. The van der Waals surface area contributed by atoms with E-state index in [9.17, 15) is 40.2 Å². The van der Waals surface area contributed by atoms with Gasteiger partial charge in [-0.2, -0.15) is 0 Å². The lowest BCUT2D eigenvalue weighted by Gasteiger charge is -2.65. The van der Waals surface area contributed by atoms with Crippen molar-refractivity contribution in [3.8, 4) is 0 Å². The van der Waals surface area contributed by atoms with Crippen LogP contribution in [-0.2, 0) is 42.7 Å². The second-order valence-electron chi connectivity index (χ2n) is 21.8. The summed E-state index contributed by atoms with van der Waals surface area (Å²) in [6.45, 7) is 16.7. The number of fused-ring (bicyclic) bond motifs is 2. The van der Waals surface area contributed by atoms with Gasteiger partial charge in [0, 0.05) is 19.8 Å². The minimum Gasteiger partial charge on any atom is -0.455 e. The third-order valence-corrected chi connectivity index (χ3v) is 17.8. The SMILES string of the molecule is CC(=O)OC1C(O)COC(OC2CCC34CC35CCC3(C)C(C6(C)CC[C@@H](C(C)(C)O)O6)C(O)C[C@@]3(C)C5C[C@H](OC3OCC(O)C(O)C3O)C4C2(C)C)C1OC(C)=O. The van der Waals surface area contributed by atoms with E-state index in [1.807, 2.05) is 0 Å². The molecule has 6 N–H and O–H groups in total. The van der Waals surface area contributed by atoms with Crippen molar-refractivity contribution in [2.75, 3.05) is 13.2 Å². The molecule has 2 spiro atoms. The van der Waals surface area contributed by atoms with Crippen molar-refractivity contribution in [2.45, 2.75) is 205 Å². The molecule has 3 aliphatic heterocycles. The van der Waals surface area contributed by atoms with Crippen LogP contribution in [0.3, 0.4) is 0 Å². The first-order valence-corrected chi connectivity index (χ1v) is 22.0. The number of rotatable bonds is 8. The number of hydrogen-bond donors (Lipinski definition) is 6. The molecule has 5 saturated carbocycles. The molecule has 0 aromatic rings. The molecule has 15 heteroatoms. The molecule has 20 atom stereocenters. The Hall–Kier alpha value is -1.50. The zero-order valence-corrected chi connectivity index (χ0v) is 36.3. The molecule has 0 bridgehead atoms. The largest absolute Gasteiger partial charge is 0.455 e. The lowest BCUT2D eigenvalue weighted by molar-refractivity contribution is -0.327. The molecular weight excluding hydrogens is 768 g/mol. The Kier molecular flexibility index (Phi) is 10.9. The molecular formula is C44H70O15. The first kappa shape index (κ1) is 44.1. The Labute approximate surface area is 347 Å². The predicted molar refractivity (Wildman–Crippen MR) is 207 cm³/mol. The van der Waals surface area contributed by atoms with E-state index in [0.29, 0.717) is 25.7 Å². The molecule has 8 fully saturated rings. The van der Waals surface area contributed by atoms with E-state index in [-0.39, 0.29) is 58.7 Å². The molecule has 0 aromatic carbocycles. The van der Waals surface area contributed by atoms with E-state index in [2.05, 4.69) is 34.6 Å². The Balaban J connectivity index is 1.13. The Morgan fingerprint density at radius 2 is 1.34 bits per heavy atom. The molecule has 0 aromatic heterocycles. The molecule has 8 rings (SSSR count). The first-order chi connectivity index (χ1) is 27.3. The summed E-state index contributed by atoms with van der Waals surface area (Å²) in [6, 6.07) is 0. The normalized spacial score (nSPS) is 54.0. The number of aliphatic hydroxyl groups excluding tert-OH is 5. The molecule has 0 radical (unpaired) electrons. The monoisotopic (exact) mass is 838 g/mol. The molecule has 3 saturated heterocycles. The zero-order chi connectivity index (χ0) is 43.0. The van der Waals surface area contributed by atoms with E-state index in [0.717, 1.165) is 32.1 Å². The molecule has 336 valence electrons. The van der Waals surface area contributed by atoms with Crippen LogP contribution in [0.1, 0.15) is 120 Å². The van der Waals surface area contributed by atoms with Gasteiger partial charge in [-0.3, -0.25) is 9.59 Å². The van der Waals surface area contributed by atoms with Crippen molar-refractivity contribution < 1.29 is 73.4 Å². The van der Waals surface area contributed by atoms with E-state index in [4.69, 9.17) is 33.2 Å². The molecule has 8 aliphatic rings. The second kappa shape index (κ2) is 14.5. The minimum atomic E-state index is -1.49. The van der Waals surface area contributed by atoms with Gasteiger partial charge < -0.3 is 63.8 Å². The topological polar surface area (TPSA) is 220 Å². The summed E-state index contributed by atoms with van der Waals surface area (Å²) in [5.74, 6) is -1.47. The van der Waals surface area contributed by atoms with Crippen molar-refractivity contribution in [1.29, 1.82) is 0 Å². The average molecular weight is 839 g/mol. The van der Waals surface area contributed by atoms with Gasteiger partial charge in [-0.1, -0.05) is 27.7 Å². The minimum absolute atomic E-state index is 0.0659. The molecule has 3 heterocycles. The zero-order valence-electron chi connectivity index (χ0n) is 36.3. The highest BCUT2D eigenvalue weighted by molar-refractivity contribution is 5.67. The van der Waals surface area contributed by atoms with Gasteiger partial charge in [0.15, 0.2) is 24.8 Å². The highest BCUT2D eigenvalue weighted by Crippen LogP contribution is 2.89. The number of carbonyl (C=O) groups is 2. The third kappa shape index (κ3) is 6.60. The van der Waals surface area contributed by atoms with Crippen LogP contribution in [0.25, 0.3) is 0 Å². The average Bonchev–Trinajstić information content (AvgIpc) is 3.49. The molecule has 0 amide bonds. The highest BCUT2D eigenvalue weighted by atomic mass is 16.7. The first-order valence-electron chi connectivity index (χ1n) is 22.0. The molecule has 59 heavy (non-hydrogen) atoms. The van der Waals surface area contributed by atoms with Crippen molar-refractivity contribution >= 4 is 11.9 Å². The summed E-state index contributed by atoms with van der Waals surface area (Å²) in [7, 11) is 0. The van der Waals surface area contributed by atoms with Crippen molar-refractivity contribution in [3.05, 3.63) is 0 Å². The summed E-state index contributed by atoms with van der Waals surface area (Å²) in [5, 5.41) is 66.3. The molecule has 5 aliphatic carbocycles. The molecule has 17 unspecified atom stereocenters. The van der Waals surface area contributed by atoms with E-state index in [1.165, 1.54) is 13.8 Å². The van der Waals surface area contributed by atoms with Gasteiger partial charge in [0.1, 0.15) is 24.4 Å². The van der Waals surface area contributed by atoms with Crippen molar-refractivity contribution in [3.63, 3.8) is 0 Å². The predicted octanol–water partition coefficient (Wildman–Crippen LogP) is 2.50. The Morgan fingerprint density at radius 1 is 0.695 bits per heavy atom. The van der Waals surface area contributed by atoms with Crippen LogP contribution in [-0.4, -0.2) is 141 Å². The fraction of sp³-hybridized carbons (Fsp3) is 0.955. The van der Waals surface area contributed by atoms with E-state index >= 15 is 0 Å². The lowest BCUT2D eigenvalue weighted by Crippen LogP contribution is -2.65. The van der Waals surface area contributed by atoms with Gasteiger partial charge in [-0.05, 0) is 117 Å². The van der Waals surface area contributed by atoms with Gasteiger partial charge in [0.25, 0.3) is 0 Å². The smallest absolute Gasteiger partial charge is 0.303 e. The molecule has 15 nitrogen and oxygen atoms in total. The summed E-state index contributed by atoms with van der Waals surface area (Å²) < 4.78 is 43.5. The highest BCUT2D eigenvalue weighted by Gasteiger charge is 2.85. The number of ether oxygens (including phenoxy) is 7. The van der Waals surface area contributed by atoms with Crippen LogP contribution >= 0.6 is 0 Å². The quantitative estimate of drug-likeness (QED) is 0.153. The van der Waals surface area contributed by atoms with Gasteiger partial charge in [0.05, 0.1) is 48.8 Å². The lowest BCUT2D eigenvalue weighted by atomic mass is 9.41. The van der Waals surface area contributed by atoms with Gasteiger partial charge in [0.2, 0.25) is 0 Å². The van der Waals surface area contributed by atoms with E-state index < -0.39 is 96.1 Å². The Morgan fingerprint density at radius 3 is 1.98 bits per heavy atom. The third-order valence-electron chi connectivity index (χ3n) is 17.8. The maximum absolute atomic E-state index is 12.3. The summed E-state index contributed by atoms with van der Waals surface area (Å²) in [5.41, 5.74) is -3.16. The van der Waals surface area contributed by atoms with E-state index in [1.54, 1.807) is 13.8 Å². The van der Waals surface area contributed by atoms with Crippen LogP contribution in [0.15, 0.2) is 0 Å². The van der Waals surface area contributed by atoms with Crippen LogP contribution in [0, 0.1) is 44.8 Å². The number of esters is 2. The fourth-order valence-electron chi connectivity index (χ4n) is 15.2. The van der Waals surface area contributed by atoms with Gasteiger partial charge in [-0.25, -0.2) is 0 Å². The summed E-state index contributed by atoms with van der Waals surface area (Å²) in [4.78, 5) is 24.4. The second-order valence-corrected chi connectivity index (χ2v) is 21.8. The van der Waals surface area contributed by atoms with Crippen molar-refractivity contribution in [1.82, 2.24) is 0 Å². The maximum Gasteiger partial charge on any atom is 0.303 e. The number of aliphatic hydroxyl groups is 6. The number of hydrogen-bond acceptors (Lipinski definition) is 15. The summed E-state index contributed by atoms with van der Waals surface area (Å²) >= 11 is 0. The van der Waals surface area contributed by atoms with Gasteiger partial charge >= 0.3 is 11.9 Å².